The molecule has 1 nitrogen and oxygen atoms in total. The van der Waals surface area contributed by atoms with E-state index < -0.39 is 0 Å². The van der Waals surface area contributed by atoms with Gasteiger partial charge in [-0.25, -0.2) is 0 Å². The van der Waals surface area contributed by atoms with Crippen LogP contribution in [-0.2, 0) is 4.74 Å². The quantitative estimate of drug-likeness (QED) is 0.731. The highest BCUT2D eigenvalue weighted by molar-refractivity contribution is 6.30. The van der Waals surface area contributed by atoms with Gasteiger partial charge in [0.05, 0.1) is 12.9 Å². The lowest BCUT2D eigenvalue weighted by molar-refractivity contribution is 0.277. The van der Waals surface area contributed by atoms with Crippen LogP contribution in [0, 0.1) is 0 Å². The molecule has 0 bridgehead atoms. The molecule has 0 saturated carbocycles. The van der Waals surface area contributed by atoms with Crippen molar-refractivity contribution in [1.29, 1.82) is 0 Å². The Labute approximate surface area is 95.0 Å². The van der Waals surface area contributed by atoms with Crippen LogP contribution in [0.2, 0.25) is 5.02 Å². The second-order valence-electron chi connectivity index (χ2n) is 3.54. The van der Waals surface area contributed by atoms with Gasteiger partial charge in [-0.15, -0.1) is 0 Å². The first kappa shape index (κ1) is 10.3. The zero-order valence-electron chi connectivity index (χ0n) is 8.66. The number of hydrogen-bond donors (Lipinski definition) is 0. The first-order chi connectivity index (χ1) is 7.29. The molecule has 0 radical (unpaired) electrons. The second kappa shape index (κ2) is 4.54. The fourth-order valence-electron chi connectivity index (χ4n) is 1.72. The van der Waals surface area contributed by atoms with Crippen LogP contribution in [0.15, 0.2) is 42.2 Å². The lowest BCUT2D eigenvalue weighted by Crippen LogP contribution is -1.95. The standard InChI is InChI=1S/C13H13ClO/c1-15-13-7-5-10(6-8-13)11-3-2-4-12(14)9-11/h2-5,7,9H,6,8H2,1H3. The molecule has 1 aromatic rings. The van der Waals surface area contributed by atoms with E-state index in [1.165, 1.54) is 11.1 Å². The van der Waals surface area contributed by atoms with Gasteiger partial charge in [-0.2, -0.15) is 0 Å². The molecule has 0 saturated heterocycles. The molecule has 0 unspecified atom stereocenters. The van der Waals surface area contributed by atoms with Crippen LogP contribution in [-0.4, -0.2) is 7.11 Å². The number of ether oxygens (including phenoxy) is 1. The zero-order valence-corrected chi connectivity index (χ0v) is 9.42. The van der Waals surface area contributed by atoms with Gasteiger partial charge < -0.3 is 4.74 Å². The summed E-state index contributed by atoms with van der Waals surface area (Å²) < 4.78 is 5.19. The van der Waals surface area contributed by atoms with E-state index in [1.807, 2.05) is 24.3 Å². The highest BCUT2D eigenvalue weighted by Gasteiger charge is 2.08. The van der Waals surface area contributed by atoms with Crippen molar-refractivity contribution >= 4 is 17.2 Å². The highest BCUT2D eigenvalue weighted by Crippen LogP contribution is 2.28. The molecule has 0 N–H and O–H groups in total. The number of benzene rings is 1. The Hall–Kier alpha value is -1.21. The van der Waals surface area contributed by atoms with Gasteiger partial charge in [-0.3, -0.25) is 0 Å². The Morgan fingerprint density at radius 1 is 1.20 bits per heavy atom. The summed E-state index contributed by atoms with van der Waals surface area (Å²) in [6.45, 7) is 0. The molecule has 15 heavy (non-hydrogen) atoms. The summed E-state index contributed by atoms with van der Waals surface area (Å²) >= 11 is 5.95. The van der Waals surface area contributed by atoms with E-state index in [1.54, 1.807) is 7.11 Å². The minimum Gasteiger partial charge on any atom is -0.501 e. The van der Waals surface area contributed by atoms with Crippen LogP contribution in [0.4, 0.5) is 0 Å². The van der Waals surface area contributed by atoms with Gasteiger partial charge in [0.25, 0.3) is 0 Å². The van der Waals surface area contributed by atoms with Crippen molar-refractivity contribution in [2.24, 2.45) is 0 Å². The topological polar surface area (TPSA) is 9.23 Å². The Morgan fingerprint density at radius 2 is 2.07 bits per heavy atom. The van der Waals surface area contributed by atoms with Crippen molar-refractivity contribution in [3.8, 4) is 0 Å². The minimum absolute atomic E-state index is 0.787. The maximum absolute atomic E-state index is 5.95. The van der Waals surface area contributed by atoms with Crippen molar-refractivity contribution in [3.05, 3.63) is 52.8 Å². The van der Waals surface area contributed by atoms with Gasteiger partial charge in [-0.1, -0.05) is 29.8 Å². The molecule has 1 aliphatic rings. The fourth-order valence-corrected chi connectivity index (χ4v) is 1.91. The predicted molar refractivity (Wildman–Crippen MR) is 63.8 cm³/mol. The summed E-state index contributed by atoms with van der Waals surface area (Å²) in [4.78, 5) is 0. The zero-order chi connectivity index (χ0) is 10.7. The van der Waals surface area contributed by atoms with Crippen molar-refractivity contribution in [3.63, 3.8) is 0 Å². The summed E-state index contributed by atoms with van der Waals surface area (Å²) in [5.74, 6) is 1.04. The van der Waals surface area contributed by atoms with Crippen molar-refractivity contribution in [2.75, 3.05) is 7.11 Å². The van der Waals surface area contributed by atoms with E-state index in [-0.39, 0.29) is 0 Å². The summed E-state index contributed by atoms with van der Waals surface area (Å²) in [7, 11) is 1.71. The van der Waals surface area contributed by atoms with Crippen LogP contribution in [0.5, 0.6) is 0 Å². The Kier molecular flexibility index (Phi) is 3.12. The number of halogens is 1. The number of hydrogen-bond acceptors (Lipinski definition) is 1. The van der Waals surface area contributed by atoms with Crippen LogP contribution in [0.3, 0.4) is 0 Å². The summed E-state index contributed by atoms with van der Waals surface area (Å²) in [5, 5.41) is 0.787. The summed E-state index contributed by atoms with van der Waals surface area (Å²) in [5.41, 5.74) is 2.52. The second-order valence-corrected chi connectivity index (χ2v) is 3.98. The largest absolute Gasteiger partial charge is 0.501 e. The maximum atomic E-state index is 5.95. The van der Waals surface area contributed by atoms with Gasteiger partial charge in [0.2, 0.25) is 0 Å². The van der Waals surface area contributed by atoms with E-state index in [4.69, 9.17) is 16.3 Å². The van der Waals surface area contributed by atoms with E-state index in [9.17, 15) is 0 Å². The smallest absolute Gasteiger partial charge is 0.0958 e. The molecule has 0 aromatic heterocycles. The van der Waals surface area contributed by atoms with Gasteiger partial charge in [0.1, 0.15) is 0 Å². The minimum atomic E-state index is 0.787. The summed E-state index contributed by atoms with van der Waals surface area (Å²) in [6, 6.07) is 7.96. The van der Waals surface area contributed by atoms with Crippen LogP contribution >= 0.6 is 11.6 Å². The third-order valence-electron chi connectivity index (χ3n) is 2.57. The van der Waals surface area contributed by atoms with Gasteiger partial charge in [0.15, 0.2) is 0 Å². The molecule has 0 aliphatic heterocycles. The molecule has 0 heterocycles. The van der Waals surface area contributed by atoms with Crippen LogP contribution in [0.25, 0.3) is 5.57 Å². The maximum Gasteiger partial charge on any atom is 0.0958 e. The fraction of sp³-hybridized carbons (Fsp3) is 0.231. The molecule has 0 atom stereocenters. The molecule has 1 aromatic carbocycles. The molecule has 2 rings (SSSR count). The van der Waals surface area contributed by atoms with E-state index in [0.29, 0.717) is 0 Å². The van der Waals surface area contributed by atoms with Gasteiger partial charge >= 0.3 is 0 Å². The molecule has 78 valence electrons. The third-order valence-corrected chi connectivity index (χ3v) is 2.80. The van der Waals surface area contributed by atoms with Gasteiger partial charge in [-0.05, 0) is 35.8 Å². The molecule has 0 spiro atoms. The normalized spacial score (nSPS) is 15.6. The number of methoxy groups -OCH3 is 1. The molecule has 1 aliphatic carbocycles. The number of allylic oxidation sites excluding steroid dienone is 4. The predicted octanol–water partition coefficient (Wildman–Crippen LogP) is 4.05. The number of rotatable bonds is 2. The van der Waals surface area contributed by atoms with E-state index in [2.05, 4.69) is 12.1 Å². The SMILES string of the molecule is COC1=CC=C(c2cccc(Cl)c2)CC1. The highest BCUT2D eigenvalue weighted by atomic mass is 35.5. The molecule has 0 fully saturated rings. The Bertz CT molecular complexity index is 418. The Morgan fingerprint density at radius 3 is 2.67 bits per heavy atom. The van der Waals surface area contributed by atoms with Crippen molar-refractivity contribution in [1.82, 2.24) is 0 Å². The van der Waals surface area contributed by atoms with E-state index >= 15 is 0 Å². The van der Waals surface area contributed by atoms with E-state index in [0.717, 1.165) is 23.6 Å². The summed E-state index contributed by atoms with van der Waals surface area (Å²) in [6.07, 6.45) is 6.11. The monoisotopic (exact) mass is 220 g/mol. The average molecular weight is 221 g/mol. The van der Waals surface area contributed by atoms with Crippen LogP contribution in [0.1, 0.15) is 18.4 Å². The molecule has 2 heteroatoms. The average Bonchev–Trinajstić information content (AvgIpc) is 2.29. The third kappa shape index (κ3) is 2.42. The molecular weight excluding hydrogens is 208 g/mol. The first-order valence-corrected chi connectivity index (χ1v) is 5.37. The molecule has 0 amide bonds. The van der Waals surface area contributed by atoms with Crippen molar-refractivity contribution in [2.45, 2.75) is 12.8 Å². The lowest BCUT2D eigenvalue weighted by atomic mass is 9.97. The van der Waals surface area contributed by atoms with Crippen LogP contribution < -0.4 is 0 Å². The molecular formula is C13H13ClO. The van der Waals surface area contributed by atoms with Crippen molar-refractivity contribution < 1.29 is 4.74 Å². The Balaban J connectivity index is 2.26. The lowest BCUT2D eigenvalue weighted by Gasteiger charge is -2.14. The first-order valence-electron chi connectivity index (χ1n) is 4.99. The van der Waals surface area contributed by atoms with Gasteiger partial charge in [0, 0.05) is 11.4 Å².